The van der Waals surface area contributed by atoms with Crippen LogP contribution in [0.4, 0.5) is 37.9 Å². The molecule has 2 aromatic carbocycles. The van der Waals surface area contributed by atoms with Crippen molar-refractivity contribution < 1.29 is 50.6 Å². The number of benzene rings is 2. The van der Waals surface area contributed by atoms with Crippen LogP contribution in [0.25, 0.3) is 11.0 Å². The lowest BCUT2D eigenvalue weighted by atomic mass is 9.94. The Hall–Kier alpha value is -4.23. The Morgan fingerprint density at radius 3 is 2.10 bits per heavy atom. The van der Waals surface area contributed by atoms with Crippen LogP contribution in [0.5, 0.6) is 0 Å². The van der Waals surface area contributed by atoms with Gasteiger partial charge in [-0.2, -0.15) is 26.3 Å². The molecular formula is C28H26F6N2O6. The zero-order valence-electron chi connectivity index (χ0n) is 22.1. The number of hydrogen-bond donors (Lipinski definition) is 3. The van der Waals surface area contributed by atoms with Crippen LogP contribution in [0.15, 0.2) is 51.7 Å². The average Bonchev–Trinajstić information content (AvgIpc) is 3.66. The van der Waals surface area contributed by atoms with Crippen LogP contribution < -0.4 is 15.6 Å². The van der Waals surface area contributed by atoms with Crippen LogP contribution in [0.3, 0.4) is 0 Å². The number of halogens is 6. The van der Waals surface area contributed by atoms with Crippen molar-refractivity contribution in [2.45, 2.75) is 51.0 Å². The lowest BCUT2D eigenvalue weighted by Gasteiger charge is -2.32. The summed E-state index contributed by atoms with van der Waals surface area (Å²) < 4.78 is 78.9. The summed E-state index contributed by atoms with van der Waals surface area (Å²) in [5.41, 5.74) is -0.657. The second-order valence-corrected chi connectivity index (χ2v) is 10.4. The lowest BCUT2D eigenvalue weighted by Crippen LogP contribution is -2.34. The van der Waals surface area contributed by atoms with Crippen molar-refractivity contribution in [1.82, 2.24) is 0 Å². The third kappa shape index (κ3) is 6.80. The summed E-state index contributed by atoms with van der Waals surface area (Å²) in [6.45, 7) is 3.06. The van der Waals surface area contributed by atoms with Gasteiger partial charge in [0.1, 0.15) is 5.58 Å². The van der Waals surface area contributed by atoms with E-state index in [-0.39, 0.29) is 27.8 Å². The van der Waals surface area contributed by atoms with Gasteiger partial charge in [0.25, 0.3) is 0 Å². The molecular weight excluding hydrogens is 574 g/mol. The Morgan fingerprint density at radius 2 is 1.57 bits per heavy atom. The molecule has 42 heavy (non-hydrogen) atoms. The van der Waals surface area contributed by atoms with Gasteiger partial charge in [0.05, 0.1) is 22.6 Å². The highest BCUT2D eigenvalue weighted by atomic mass is 19.4. The van der Waals surface area contributed by atoms with E-state index in [1.54, 1.807) is 25.1 Å². The van der Waals surface area contributed by atoms with Crippen molar-refractivity contribution in [3.8, 4) is 0 Å². The van der Waals surface area contributed by atoms with Gasteiger partial charge < -0.3 is 24.8 Å². The predicted molar refractivity (Wildman–Crippen MR) is 140 cm³/mol. The maximum atomic E-state index is 13.7. The molecule has 1 saturated heterocycles. The standard InChI is InChI=1S/C26H25F3N2O4.C2HF3O2/c1-15(30-20-5-3-2-4-17(20)24(33)34)18-12-16(26(27,28)29)13-19-21(32)14-22(35-23(18)19)31-10-8-25(6-7-25)9-11-31;3-2(4,5)1(6)7/h2-5,12-15,30H,6-11H2,1H3,(H,33,34);(H,6,7). The maximum absolute atomic E-state index is 13.7. The number of aromatic carboxylic acids is 1. The van der Waals surface area contributed by atoms with Gasteiger partial charge in [-0.25, -0.2) is 9.59 Å². The molecule has 8 nitrogen and oxygen atoms in total. The first-order chi connectivity index (χ1) is 19.5. The minimum absolute atomic E-state index is 0.0138. The minimum Gasteiger partial charge on any atom is -0.478 e. The highest BCUT2D eigenvalue weighted by Gasteiger charge is 2.45. The molecule has 0 radical (unpaired) electrons. The molecule has 2 heterocycles. The highest BCUT2D eigenvalue weighted by molar-refractivity contribution is 5.94. The fourth-order valence-electron chi connectivity index (χ4n) is 4.90. The number of carboxylic acids is 2. The summed E-state index contributed by atoms with van der Waals surface area (Å²) in [5.74, 6) is -3.58. The van der Waals surface area contributed by atoms with Gasteiger partial charge in [-0.1, -0.05) is 12.1 Å². The van der Waals surface area contributed by atoms with Gasteiger partial charge in [-0.05, 0) is 62.3 Å². The molecule has 1 aromatic heterocycles. The highest BCUT2D eigenvalue weighted by Crippen LogP contribution is 2.54. The number of anilines is 2. The monoisotopic (exact) mass is 600 g/mol. The molecule has 14 heteroatoms. The second kappa shape index (κ2) is 11.2. The van der Waals surface area contributed by atoms with E-state index in [4.69, 9.17) is 14.3 Å². The number of alkyl halides is 6. The smallest absolute Gasteiger partial charge is 0.478 e. The Balaban J connectivity index is 0.000000517. The van der Waals surface area contributed by atoms with E-state index >= 15 is 0 Å². The van der Waals surface area contributed by atoms with Crippen LogP contribution in [0.1, 0.15) is 60.1 Å². The minimum atomic E-state index is -5.08. The molecule has 1 spiro atoms. The molecule has 5 rings (SSSR count). The summed E-state index contributed by atoms with van der Waals surface area (Å²) in [6.07, 6.45) is -5.32. The fraction of sp³-hybridized carbons (Fsp3) is 0.393. The molecule has 1 aliphatic heterocycles. The van der Waals surface area contributed by atoms with Crippen molar-refractivity contribution in [2.75, 3.05) is 23.3 Å². The first-order valence-corrected chi connectivity index (χ1v) is 12.8. The number of carbonyl (C=O) groups is 2. The van der Waals surface area contributed by atoms with Gasteiger partial charge in [-0.15, -0.1) is 0 Å². The zero-order chi connectivity index (χ0) is 31.0. The number of hydrogen-bond acceptors (Lipinski definition) is 6. The first-order valence-electron chi connectivity index (χ1n) is 12.8. The summed E-state index contributed by atoms with van der Waals surface area (Å²) in [6, 6.07) is 8.42. The summed E-state index contributed by atoms with van der Waals surface area (Å²) in [4.78, 5) is 35.5. The number of fused-ring (bicyclic) bond motifs is 1. The van der Waals surface area contributed by atoms with Gasteiger partial charge >= 0.3 is 24.3 Å². The molecule has 226 valence electrons. The summed E-state index contributed by atoms with van der Waals surface area (Å²) in [7, 11) is 0. The molecule has 1 unspecified atom stereocenters. The Bertz CT molecular complexity index is 1550. The number of para-hydroxylation sites is 1. The third-order valence-electron chi connectivity index (χ3n) is 7.50. The molecule has 2 aliphatic rings. The van der Waals surface area contributed by atoms with E-state index in [1.165, 1.54) is 25.0 Å². The van der Waals surface area contributed by atoms with E-state index in [1.807, 2.05) is 4.90 Å². The molecule has 3 aromatic rings. The zero-order valence-corrected chi connectivity index (χ0v) is 22.1. The quantitative estimate of drug-likeness (QED) is 0.277. The van der Waals surface area contributed by atoms with Crippen molar-refractivity contribution in [3.63, 3.8) is 0 Å². The average molecular weight is 601 g/mol. The molecule has 0 amide bonds. The third-order valence-corrected chi connectivity index (χ3v) is 7.50. The largest absolute Gasteiger partial charge is 0.490 e. The molecule has 1 atom stereocenters. The van der Waals surface area contributed by atoms with Crippen LogP contribution in [-0.4, -0.2) is 41.4 Å². The number of aliphatic carboxylic acids is 1. The lowest BCUT2D eigenvalue weighted by molar-refractivity contribution is -0.192. The van der Waals surface area contributed by atoms with Gasteiger partial charge in [-0.3, -0.25) is 4.79 Å². The van der Waals surface area contributed by atoms with Crippen LogP contribution in [-0.2, 0) is 11.0 Å². The van der Waals surface area contributed by atoms with Crippen molar-refractivity contribution in [2.24, 2.45) is 5.41 Å². The molecule has 1 aliphatic carbocycles. The van der Waals surface area contributed by atoms with E-state index in [9.17, 15) is 41.0 Å². The van der Waals surface area contributed by atoms with E-state index < -0.39 is 41.3 Å². The Kier molecular flexibility index (Phi) is 8.20. The van der Waals surface area contributed by atoms with E-state index in [0.717, 1.165) is 38.1 Å². The number of rotatable bonds is 5. The first kappa shape index (κ1) is 30.7. The van der Waals surface area contributed by atoms with Crippen LogP contribution in [0.2, 0.25) is 0 Å². The molecule has 3 N–H and O–H groups in total. The van der Waals surface area contributed by atoms with E-state index in [0.29, 0.717) is 11.3 Å². The number of nitrogens with zero attached hydrogens (tertiary/aromatic N) is 1. The molecule has 0 bridgehead atoms. The number of piperidine rings is 1. The van der Waals surface area contributed by atoms with Gasteiger partial charge in [0, 0.05) is 30.4 Å². The normalized spacial score (nSPS) is 16.9. The Morgan fingerprint density at radius 1 is 0.976 bits per heavy atom. The number of nitrogens with one attached hydrogen (secondary N) is 1. The second-order valence-electron chi connectivity index (χ2n) is 10.4. The van der Waals surface area contributed by atoms with Gasteiger partial charge in [0.15, 0.2) is 11.3 Å². The maximum Gasteiger partial charge on any atom is 0.490 e. The van der Waals surface area contributed by atoms with E-state index in [2.05, 4.69) is 5.32 Å². The van der Waals surface area contributed by atoms with Crippen molar-refractivity contribution >= 4 is 34.5 Å². The SMILES string of the molecule is CC(Nc1ccccc1C(=O)O)c1cc(C(F)(F)F)cc2c(=O)cc(N3CCC4(CC3)CC4)oc12.O=C(O)C(F)(F)F. The van der Waals surface area contributed by atoms with Crippen molar-refractivity contribution in [1.29, 1.82) is 0 Å². The molecule has 2 fully saturated rings. The van der Waals surface area contributed by atoms with Crippen molar-refractivity contribution in [3.05, 3.63) is 69.4 Å². The number of carboxylic acid groups (broad SMARTS) is 2. The van der Waals surface area contributed by atoms with Crippen LogP contribution >= 0.6 is 0 Å². The summed E-state index contributed by atoms with van der Waals surface area (Å²) in [5, 5.41) is 19.4. The summed E-state index contributed by atoms with van der Waals surface area (Å²) >= 11 is 0. The predicted octanol–water partition coefficient (Wildman–Crippen LogP) is 6.70. The fourth-order valence-corrected chi connectivity index (χ4v) is 4.90. The topological polar surface area (TPSA) is 120 Å². The molecule has 1 saturated carbocycles. The van der Waals surface area contributed by atoms with Gasteiger partial charge in [0.2, 0.25) is 0 Å². The van der Waals surface area contributed by atoms with Crippen LogP contribution in [0, 0.1) is 5.41 Å². The Labute approximate surface area is 234 Å².